The Morgan fingerprint density at radius 2 is 1.80 bits per heavy atom. The second-order valence-corrected chi connectivity index (χ2v) is 6.02. The minimum Gasteiger partial charge on any atom is -0.298 e. The first kappa shape index (κ1) is 19.3. The Hall–Kier alpha value is -2.06. The number of nitrogens with zero attached hydrogens (tertiary/aromatic N) is 2. The molecule has 0 spiro atoms. The summed E-state index contributed by atoms with van der Waals surface area (Å²) in [5, 5.41) is 17.1. The van der Waals surface area contributed by atoms with E-state index in [0.717, 1.165) is 12.3 Å². The van der Waals surface area contributed by atoms with Crippen molar-refractivity contribution in [3.05, 3.63) is 66.1 Å². The fourth-order valence-corrected chi connectivity index (χ4v) is 2.49. The fourth-order valence-electron chi connectivity index (χ4n) is 1.66. The highest BCUT2D eigenvalue weighted by molar-refractivity contribution is 6.42. The summed E-state index contributed by atoms with van der Waals surface area (Å²) in [5.41, 5.74) is 0.0219. The summed E-state index contributed by atoms with van der Waals surface area (Å²) in [6.07, 6.45) is 0.0684. The van der Waals surface area contributed by atoms with Gasteiger partial charge < -0.3 is 0 Å². The van der Waals surface area contributed by atoms with Crippen LogP contribution in [0, 0.1) is 10.1 Å². The lowest BCUT2D eigenvalue weighted by Gasteiger charge is -2.04. The van der Waals surface area contributed by atoms with Crippen molar-refractivity contribution in [2.24, 2.45) is 5.16 Å². The van der Waals surface area contributed by atoms with E-state index in [1.807, 2.05) is 0 Å². The van der Waals surface area contributed by atoms with Gasteiger partial charge in [-0.2, -0.15) is 0 Å². The molecule has 0 unspecified atom stereocenters. The van der Waals surface area contributed by atoms with Crippen LogP contribution in [0.3, 0.4) is 0 Å². The molecule has 0 aliphatic rings. The molecular formula is C14H7Cl4N3O4. The van der Waals surface area contributed by atoms with Gasteiger partial charge in [0.1, 0.15) is 5.02 Å². The standard InChI is InChI=1S/C14H7Cl4N3O4/c15-9-3-4-12(21(23)24)13(18)8(9)6-19-25-14(22)20-7-1-2-10(16)11(17)5-7/h1-6H,(H,20,22). The number of oxime groups is 1. The molecule has 1 amide bonds. The van der Waals surface area contributed by atoms with Crippen LogP contribution in [0.4, 0.5) is 16.2 Å². The maximum Gasteiger partial charge on any atom is 0.437 e. The Kier molecular flexibility index (Phi) is 6.44. The minimum absolute atomic E-state index is 0.0415. The van der Waals surface area contributed by atoms with Crippen molar-refractivity contribution in [2.75, 3.05) is 5.32 Å². The van der Waals surface area contributed by atoms with E-state index in [1.54, 1.807) is 0 Å². The highest BCUT2D eigenvalue weighted by Crippen LogP contribution is 2.32. The Labute approximate surface area is 161 Å². The number of nitrogens with one attached hydrogen (secondary N) is 1. The Balaban J connectivity index is 2.08. The molecule has 7 nitrogen and oxygen atoms in total. The van der Waals surface area contributed by atoms with E-state index in [-0.39, 0.29) is 26.3 Å². The Bertz CT molecular complexity index is 873. The molecule has 11 heteroatoms. The van der Waals surface area contributed by atoms with E-state index in [2.05, 4.69) is 15.3 Å². The predicted molar refractivity (Wildman–Crippen MR) is 97.3 cm³/mol. The summed E-state index contributed by atoms with van der Waals surface area (Å²) in [6.45, 7) is 0. The number of carbonyl (C=O) groups is 1. The molecule has 0 saturated carbocycles. The highest BCUT2D eigenvalue weighted by atomic mass is 35.5. The van der Waals surface area contributed by atoms with Crippen molar-refractivity contribution < 1.29 is 14.6 Å². The molecule has 0 heterocycles. The smallest absolute Gasteiger partial charge is 0.298 e. The maximum atomic E-state index is 11.6. The molecule has 0 aliphatic heterocycles. The van der Waals surface area contributed by atoms with Gasteiger partial charge in [0.15, 0.2) is 0 Å². The zero-order valence-electron chi connectivity index (χ0n) is 12.0. The van der Waals surface area contributed by atoms with Crippen molar-refractivity contribution in [1.29, 1.82) is 0 Å². The van der Waals surface area contributed by atoms with E-state index in [9.17, 15) is 14.9 Å². The number of benzene rings is 2. The molecule has 0 aromatic heterocycles. The van der Waals surface area contributed by atoms with Crippen molar-refractivity contribution in [1.82, 2.24) is 0 Å². The van der Waals surface area contributed by atoms with Crippen LogP contribution >= 0.6 is 46.4 Å². The van der Waals surface area contributed by atoms with E-state index >= 15 is 0 Å². The van der Waals surface area contributed by atoms with Crippen molar-refractivity contribution in [3.8, 4) is 0 Å². The third-order valence-corrected chi connectivity index (χ3v) is 4.25. The molecule has 2 aromatic rings. The molecular weight excluding hydrogens is 416 g/mol. The van der Waals surface area contributed by atoms with Gasteiger partial charge in [0, 0.05) is 17.3 Å². The first-order valence-corrected chi connectivity index (χ1v) is 7.89. The summed E-state index contributed by atoms with van der Waals surface area (Å²) >= 11 is 23.4. The van der Waals surface area contributed by atoms with Crippen LogP contribution in [0.2, 0.25) is 20.1 Å². The van der Waals surface area contributed by atoms with Gasteiger partial charge >= 0.3 is 6.09 Å². The van der Waals surface area contributed by atoms with Crippen molar-refractivity contribution in [2.45, 2.75) is 0 Å². The first-order valence-electron chi connectivity index (χ1n) is 6.38. The monoisotopic (exact) mass is 421 g/mol. The number of hydrogen-bond donors (Lipinski definition) is 1. The largest absolute Gasteiger partial charge is 0.437 e. The van der Waals surface area contributed by atoms with Gasteiger partial charge in [0.25, 0.3) is 5.69 Å². The molecule has 25 heavy (non-hydrogen) atoms. The molecule has 0 radical (unpaired) electrons. The first-order chi connectivity index (χ1) is 11.8. The van der Waals surface area contributed by atoms with E-state index in [4.69, 9.17) is 46.4 Å². The van der Waals surface area contributed by atoms with Crippen LogP contribution in [0.1, 0.15) is 5.56 Å². The average molecular weight is 423 g/mol. The molecule has 0 bridgehead atoms. The van der Waals surface area contributed by atoms with Crippen LogP contribution in [-0.4, -0.2) is 17.2 Å². The van der Waals surface area contributed by atoms with Crippen LogP contribution in [0.15, 0.2) is 35.5 Å². The maximum absolute atomic E-state index is 11.6. The Morgan fingerprint density at radius 1 is 1.12 bits per heavy atom. The van der Waals surface area contributed by atoms with Crippen LogP contribution in [0.5, 0.6) is 0 Å². The Morgan fingerprint density at radius 3 is 2.44 bits per heavy atom. The molecule has 0 aliphatic carbocycles. The number of rotatable bonds is 4. The summed E-state index contributed by atoms with van der Waals surface area (Å²) in [6, 6.07) is 6.85. The van der Waals surface area contributed by atoms with Crippen molar-refractivity contribution >= 4 is 70.1 Å². The van der Waals surface area contributed by atoms with Gasteiger partial charge in [0.05, 0.1) is 26.2 Å². The number of anilines is 1. The summed E-state index contributed by atoms with van der Waals surface area (Å²) in [7, 11) is 0. The number of hydrogen-bond acceptors (Lipinski definition) is 5. The molecule has 0 fully saturated rings. The molecule has 0 atom stereocenters. The zero-order valence-corrected chi connectivity index (χ0v) is 15.0. The second kappa shape index (κ2) is 8.35. The van der Waals surface area contributed by atoms with Crippen molar-refractivity contribution in [3.63, 3.8) is 0 Å². The normalized spacial score (nSPS) is 10.7. The van der Waals surface area contributed by atoms with Gasteiger partial charge in [-0.15, -0.1) is 0 Å². The molecule has 1 N–H and O–H groups in total. The van der Waals surface area contributed by atoms with Crippen LogP contribution < -0.4 is 5.32 Å². The van der Waals surface area contributed by atoms with Crippen LogP contribution in [0.25, 0.3) is 0 Å². The van der Waals surface area contributed by atoms with E-state index in [0.29, 0.717) is 10.7 Å². The minimum atomic E-state index is -0.924. The third-order valence-electron chi connectivity index (χ3n) is 2.79. The van der Waals surface area contributed by atoms with Gasteiger partial charge in [-0.05, 0) is 24.3 Å². The second-order valence-electron chi connectivity index (χ2n) is 4.42. The number of amides is 1. The SMILES string of the molecule is O=C(Nc1ccc(Cl)c(Cl)c1)ON=Cc1c(Cl)ccc([N+](=O)[O-])c1Cl. The van der Waals surface area contributed by atoms with E-state index in [1.165, 1.54) is 24.3 Å². The van der Waals surface area contributed by atoms with Gasteiger partial charge in [-0.25, -0.2) is 4.79 Å². The lowest BCUT2D eigenvalue weighted by Crippen LogP contribution is -2.10. The lowest BCUT2D eigenvalue weighted by atomic mass is 10.2. The van der Waals surface area contributed by atoms with Gasteiger partial charge in [-0.1, -0.05) is 51.6 Å². The topological polar surface area (TPSA) is 93.8 Å². The number of halogens is 4. The van der Waals surface area contributed by atoms with Gasteiger partial charge in [-0.3, -0.25) is 20.3 Å². The van der Waals surface area contributed by atoms with Crippen LogP contribution in [-0.2, 0) is 4.84 Å². The average Bonchev–Trinajstić information content (AvgIpc) is 2.53. The fraction of sp³-hybridized carbons (Fsp3) is 0. The number of carbonyl (C=O) groups excluding carboxylic acids is 1. The number of nitro benzene ring substituents is 1. The summed E-state index contributed by atoms with van der Waals surface area (Å²) in [5.74, 6) is 0. The van der Waals surface area contributed by atoms with Gasteiger partial charge in [0.2, 0.25) is 0 Å². The predicted octanol–water partition coefficient (Wildman–Crippen LogP) is 5.79. The lowest BCUT2D eigenvalue weighted by molar-refractivity contribution is -0.384. The molecule has 2 rings (SSSR count). The molecule has 0 saturated heterocycles. The van der Waals surface area contributed by atoms with E-state index < -0.39 is 11.0 Å². The molecule has 2 aromatic carbocycles. The zero-order chi connectivity index (χ0) is 18.6. The summed E-state index contributed by atoms with van der Waals surface area (Å²) < 4.78 is 0. The third kappa shape index (κ3) is 4.96. The number of nitro groups is 1. The quantitative estimate of drug-likeness (QED) is 0.292. The molecule has 130 valence electrons. The summed E-state index contributed by atoms with van der Waals surface area (Å²) in [4.78, 5) is 26.4. The highest BCUT2D eigenvalue weighted by Gasteiger charge is 2.17.